The van der Waals surface area contributed by atoms with Gasteiger partial charge in [-0.2, -0.15) is 0 Å². The molecule has 0 spiro atoms. The van der Waals surface area contributed by atoms with Crippen molar-refractivity contribution < 1.29 is 4.79 Å². The smallest absolute Gasteiger partial charge is 0.136 e. The highest BCUT2D eigenvalue weighted by Crippen LogP contribution is 2.35. The molecule has 0 aliphatic heterocycles. The lowest BCUT2D eigenvalue weighted by molar-refractivity contribution is -0.121. The second-order valence-corrected chi connectivity index (χ2v) is 3.52. The minimum absolute atomic E-state index is 0.370. The van der Waals surface area contributed by atoms with Crippen LogP contribution < -0.4 is 0 Å². The molecule has 1 nitrogen and oxygen atoms in total. The zero-order valence-corrected chi connectivity index (χ0v) is 7.05. The van der Waals surface area contributed by atoms with E-state index in [1.165, 1.54) is 0 Å². The summed E-state index contributed by atoms with van der Waals surface area (Å²) in [7, 11) is 0. The molecule has 1 saturated carbocycles. The SMILES string of the molecule is CC[C@H]1C(=O)C[C@@H](C)[C@@H]1C. The Hall–Kier alpha value is -0.330. The number of rotatable bonds is 1. The Kier molecular flexibility index (Phi) is 2.12. The maximum atomic E-state index is 11.2. The van der Waals surface area contributed by atoms with E-state index in [0.717, 1.165) is 12.8 Å². The van der Waals surface area contributed by atoms with Gasteiger partial charge in [-0.25, -0.2) is 0 Å². The molecule has 0 aromatic rings. The van der Waals surface area contributed by atoms with Gasteiger partial charge in [-0.3, -0.25) is 4.79 Å². The molecule has 0 unspecified atom stereocenters. The highest BCUT2D eigenvalue weighted by molar-refractivity contribution is 5.83. The van der Waals surface area contributed by atoms with Crippen molar-refractivity contribution in [3.05, 3.63) is 0 Å². The molecule has 10 heavy (non-hydrogen) atoms. The number of carbonyl (C=O) groups excluding carboxylic acids is 1. The molecule has 1 fully saturated rings. The van der Waals surface area contributed by atoms with Gasteiger partial charge in [0, 0.05) is 12.3 Å². The van der Waals surface area contributed by atoms with E-state index >= 15 is 0 Å². The maximum absolute atomic E-state index is 11.2. The molecule has 3 atom stereocenters. The van der Waals surface area contributed by atoms with E-state index in [1.807, 2.05) is 0 Å². The van der Waals surface area contributed by atoms with Gasteiger partial charge in [0.05, 0.1) is 0 Å². The van der Waals surface area contributed by atoms with Crippen molar-refractivity contribution in [3.63, 3.8) is 0 Å². The quantitative estimate of drug-likeness (QED) is 0.546. The fourth-order valence-electron chi connectivity index (χ4n) is 1.94. The van der Waals surface area contributed by atoms with Gasteiger partial charge in [0.1, 0.15) is 5.78 Å². The van der Waals surface area contributed by atoms with Crippen LogP contribution in [0.3, 0.4) is 0 Å². The minimum atomic E-state index is 0.370. The molecule has 0 aromatic carbocycles. The largest absolute Gasteiger partial charge is 0.299 e. The lowest BCUT2D eigenvalue weighted by Gasteiger charge is -2.13. The van der Waals surface area contributed by atoms with Gasteiger partial charge in [0.2, 0.25) is 0 Å². The molecule has 0 aromatic heterocycles. The highest BCUT2D eigenvalue weighted by Gasteiger charge is 2.35. The summed E-state index contributed by atoms with van der Waals surface area (Å²) in [4.78, 5) is 11.2. The van der Waals surface area contributed by atoms with Crippen molar-refractivity contribution in [3.8, 4) is 0 Å². The van der Waals surface area contributed by atoms with Gasteiger partial charge in [-0.05, 0) is 18.3 Å². The molecule has 0 N–H and O–H groups in total. The number of carbonyl (C=O) groups is 1. The Labute approximate surface area is 62.8 Å². The third-order valence-corrected chi connectivity index (χ3v) is 2.91. The Balaban J connectivity index is 2.64. The predicted octanol–water partition coefficient (Wildman–Crippen LogP) is 2.26. The van der Waals surface area contributed by atoms with Crippen LogP contribution in [0, 0.1) is 17.8 Å². The second-order valence-electron chi connectivity index (χ2n) is 3.52. The summed E-state index contributed by atoms with van der Waals surface area (Å²) < 4.78 is 0. The topological polar surface area (TPSA) is 17.1 Å². The summed E-state index contributed by atoms with van der Waals surface area (Å²) in [5, 5.41) is 0. The zero-order chi connectivity index (χ0) is 7.72. The van der Waals surface area contributed by atoms with Crippen molar-refractivity contribution in [1.82, 2.24) is 0 Å². The molecule has 0 heterocycles. The first-order valence-corrected chi connectivity index (χ1v) is 4.19. The predicted molar refractivity (Wildman–Crippen MR) is 41.7 cm³/mol. The van der Waals surface area contributed by atoms with Crippen molar-refractivity contribution in [2.24, 2.45) is 17.8 Å². The summed E-state index contributed by atoms with van der Waals surface area (Å²) in [6.07, 6.45) is 1.85. The lowest BCUT2D eigenvalue weighted by Crippen LogP contribution is -2.12. The summed E-state index contributed by atoms with van der Waals surface area (Å²) in [5.74, 6) is 2.10. The van der Waals surface area contributed by atoms with Crippen LogP contribution in [0.1, 0.15) is 33.6 Å². The second kappa shape index (κ2) is 2.73. The Morgan fingerprint density at radius 2 is 2.10 bits per heavy atom. The first-order chi connectivity index (χ1) is 4.66. The molecule has 0 bridgehead atoms. The molecule has 1 aliphatic rings. The van der Waals surface area contributed by atoms with Gasteiger partial charge >= 0.3 is 0 Å². The van der Waals surface area contributed by atoms with Crippen LogP contribution >= 0.6 is 0 Å². The van der Waals surface area contributed by atoms with Crippen LogP contribution in [0.4, 0.5) is 0 Å². The van der Waals surface area contributed by atoms with Gasteiger partial charge < -0.3 is 0 Å². The van der Waals surface area contributed by atoms with Crippen LogP contribution in [-0.4, -0.2) is 5.78 Å². The fraction of sp³-hybridized carbons (Fsp3) is 0.889. The van der Waals surface area contributed by atoms with Crippen LogP contribution in [0.5, 0.6) is 0 Å². The Bertz CT molecular complexity index is 140. The summed E-state index contributed by atoms with van der Waals surface area (Å²) in [6.45, 7) is 6.49. The third-order valence-electron chi connectivity index (χ3n) is 2.91. The highest BCUT2D eigenvalue weighted by atomic mass is 16.1. The van der Waals surface area contributed by atoms with Crippen molar-refractivity contribution in [2.75, 3.05) is 0 Å². The normalized spacial score (nSPS) is 40.7. The van der Waals surface area contributed by atoms with Gasteiger partial charge in [0.25, 0.3) is 0 Å². The van der Waals surface area contributed by atoms with Crippen LogP contribution in [0.2, 0.25) is 0 Å². The fourth-order valence-corrected chi connectivity index (χ4v) is 1.94. The zero-order valence-electron chi connectivity index (χ0n) is 7.05. The summed E-state index contributed by atoms with van der Waals surface area (Å²) in [5.41, 5.74) is 0. The molecular formula is C9H16O. The first-order valence-electron chi connectivity index (χ1n) is 4.19. The molecule has 58 valence electrons. The average Bonchev–Trinajstić information content (AvgIpc) is 2.09. The number of hydrogen-bond donors (Lipinski definition) is 0. The number of Topliss-reactive ketones (excluding diaryl/α,β-unsaturated/α-hetero) is 1. The van der Waals surface area contributed by atoms with E-state index < -0.39 is 0 Å². The van der Waals surface area contributed by atoms with Gasteiger partial charge in [0.15, 0.2) is 0 Å². The van der Waals surface area contributed by atoms with E-state index in [9.17, 15) is 4.79 Å². The Morgan fingerprint density at radius 3 is 2.30 bits per heavy atom. The number of ketones is 1. The standard InChI is InChI=1S/C9H16O/c1-4-8-7(3)6(2)5-9(8)10/h6-8H,4-5H2,1-3H3/t6-,7+,8-/m1/s1. The van der Waals surface area contributed by atoms with Gasteiger partial charge in [-0.1, -0.05) is 20.8 Å². The van der Waals surface area contributed by atoms with Crippen LogP contribution in [0.15, 0.2) is 0 Å². The van der Waals surface area contributed by atoms with E-state index in [1.54, 1.807) is 0 Å². The average molecular weight is 140 g/mol. The van der Waals surface area contributed by atoms with Crippen LogP contribution in [0.25, 0.3) is 0 Å². The molecule has 1 heteroatoms. The molecule has 1 rings (SSSR count). The van der Waals surface area contributed by atoms with E-state index in [4.69, 9.17) is 0 Å². The Morgan fingerprint density at radius 1 is 1.50 bits per heavy atom. The van der Waals surface area contributed by atoms with E-state index in [-0.39, 0.29) is 0 Å². The first kappa shape index (κ1) is 7.77. The molecular weight excluding hydrogens is 124 g/mol. The third kappa shape index (κ3) is 1.09. The lowest BCUT2D eigenvalue weighted by atomic mass is 9.91. The molecule has 1 aliphatic carbocycles. The molecule has 0 radical (unpaired) electrons. The summed E-state index contributed by atoms with van der Waals surface area (Å²) >= 11 is 0. The van der Waals surface area contributed by atoms with E-state index in [0.29, 0.717) is 23.5 Å². The van der Waals surface area contributed by atoms with Crippen molar-refractivity contribution in [1.29, 1.82) is 0 Å². The van der Waals surface area contributed by atoms with E-state index in [2.05, 4.69) is 20.8 Å². The molecule has 0 saturated heterocycles. The minimum Gasteiger partial charge on any atom is -0.299 e. The van der Waals surface area contributed by atoms with Crippen molar-refractivity contribution in [2.45, 2.75) is 33.6 Å². The summed E-state index contributed by atoms with van der Waals surface area (Å²) in [6, 6.07) is 0. The van der Waals surface area contributed by atoms with Crippen molar-refractivity contribution >= 4 is 5.78 Å². The van der Waals surface area contributed by atoms with Crippen LogP contribution in [-0.2, 0) is 4.79 Å². The van der Waals surface area contributed by atoms with Gasteiger partial charge in [-0.15, -0.1) is 0 Å². The monoisotopic (exact) mass is 140 g/mol. The maximum Gasteiger partial charge on any atom is 0.136 e. The molecule has 0 amide bonds. The number of hydrogen-bond acceptors (Lipinski definition) is 1.